The van der Waals surface area contributed by atoms with E-state index < -0.39 is 0 Å². The van der Waals surface area contributed by atoms with Crippen molar-refractivity contribution in [3.63, 3.8) is 0 Å². The average Bonchev–Trinajstić information content (AvgIpc) is 2.76. The minimum Gasteiger partial charge on any atom is -0.360 e. The second kappa shape index (κ2) is 5.65. The number of nitrogens with one attached hydrogen (secondary N) is 2. The third-order valence-corrected chi connectivity index (χ3v) is 3.42. The molecule has 1 aromatic carbocycles. The molecule has 1 aliphatic rings. The lowest BCUT2D eigenvalue weighted by Crippen LogP contribution is -2.36. The molecule has 5 heteroatoms. The number of thiocarbonyl (C=S) groups is 1. The highest BCUT2D eigenvalue weighted by Gasteiger charge is 2.15. The Balaban J connectivity index is 1.95. The van der Waals surface area contributed by atoms with Crippen molar-refractivity contribution in [1.29, 1.82) is 0 Å². The van der Waals surface area contributed by atoms with Crippen LogP contribution in [0.2, 0.25) is 5.02 Å². The number of hydrogen-bond acceptors (Lipinski definition) is 1. The van der Waals surface area contributed by atoms with Crippen LogP contribution in [0.1, 0.15) is 25.7 Å². The van der Waals surface area contributed by atoms with Crippen molar-refractivity contribution in [1.82, 2.24) is 5.32 Å². The van der Waals surface area contributed by atoms with Gasteiger partial charge in [0, 0.05) is 6.04 Å². The zero-order chi connectivity index (χ0) is 12.3. The highest BCUT2D eigenvalue weighted by atomic mass is 35.5. The van der Waals surface area contributed by atoms with Crippen LogP contribution in [0.15, 0.2) is 18.2 Å². The zero-order valence-corrected chi connectivity index (χ0v) is 10.9. The van der Waals surface area contributed by atoms with Gasteiger partial charge in [0.1, 0.15) is 5.82 Å². The number of anilines is 1. The van der Waals surface area contributed by atoms with Crippen LogP contribution < -0.4 is 10.6 Å². The lowest BCUT2D eigenvalue weighted by molar-refractivity contribution is 0.628. The van der Waals surface area contributed by atoms with Gasteiger partial charge in [0.15, 0.2) is 5.11 Å². The minimum absolute atomic E-state index is 0.333. The number of hydrogen-bond donors (Lipinski definition) is 2. The fourth-order valence-corrected chi connectivity index (χ4v) is 2.45. The quantitative estimate of drug-likeness (QED) is 0.803. The summed E-state index contributed by atoms with van der Waals surface area (Å²) < 4.78 is 13.0. The van der Waals surface area contributed by atoms with E-state index in [-0.39, 0.29) is 5.82 Å². The van der Waals surface area contributed by atoms with Gasteiger partial charge in [0.25, 0.3) is 0 Å². The molecule has 1 aliphatic carbocycles. The molecule has 0 spiro atoms. The van der Waals surface area contributed by atoms with Crippen molar-refractivity contribution in [2.75, 3.05) is 5.32 Å². The van der Waals surface area contributed by atoms with Gasteiger partial charge in [0.2, 0.25) is 0 Å². The monoisotopic (exact) mass is 272 g/mol. The Bertz CT molecular complexity index is 419. The van der Waals surface area contributed by atoms with Crippen molar-refractivity contribution in [3.8, 4) is 0 Å². The smallest absolute Gasteiger partial charge is 0.171 e. The summed E-state index contributed by atoms with van der Waals surface area (Å²) in [5.41, 5.74) is 0.502. The zero-order valence-electron chi connectivity index (χ0n) is 9.30. The van der Waals surface area contributed by atoms with Gasteiger partial charge >= 0.3 is 0 Å². The summed E-state index contributed by atoms with van der Waals surface area (Å²) in [7, 11) is 0. The molecule has 2 rings (SSSR count). The molecule has 0 radical (unpaired) electrons. The maximum atomic E-state index is 13.0. The summed E-state index contributed by atoms with van der Waals surface area (Å²) in [6.45, 7) is 0. The number of rotatable bonds is 2. The molecule has 0 aromatic heterocycles. The van der Waals surface area contributed by atoms with Gasteiger partial charge < -0.3 is 10.6 Å². The van der Waals surface area contributed by atoms with E-state index in [4.69, 9.17) is 23.8 Å². The highest BCUT2D eigenvalue weighted by molar-refractivity contribution is 7.80. The normalized spacial score (nSPS) is 15.9. The second-order valence-electron chi connectivity index (χ2n) is 4.20. The van der Waals surface area contributed by atoms with Crippen molar-refractivity contribution in [3.05, 3.63) is 29.0 Å². The van der Waals surface area contributed by atoms with Gasteiger partial charge in [-0.3, -0.25) is 0 Å². The third-order valence-electron chi connectivity index (χ3n) is 2.87. The van der Waals surface area contributed by atoms with Crippen LogP contribution in [0.25, 0.3) is 0 Å². The van der Waals surface area contributed by atoms with Gasteiger partial charge in [-0.1, -0.05) is 24.4 Å². The highest BCUT2D eigenvalue weighted by Crippen LogP contribution is 2.23. The lowest BCUT2D eigenvalue weighted by Gasteiger charge is -2.16. The Morgan fingerprint density at radius 3 is 2.76 bits per heavy atom. The fraction of sp³-hybridized carbons (Fsp3) is 0.417. The van der Waals surface area contributed by atoms with E-state index in [0.717, 1.165) is 12.8 Å². The molecule has 0 unspecified atom stereocenters. The minimum atomic E-state index is -0.333. The maximum absolute atomic E-state index is 13.0. The summed E-state index contributed by atoms with van der Waals surface area (Å²) in [5.74, 6) is -0.333. The van der Waals surface area contributed by atoms with Crippen LogP contribution in [0, 0.1) is 5.82 Å². The predicted molar refractivity (Wildman–Crippen MR) is 73.0 cm³/mol. The molecule has 1 saturated carbocycles. The largest absolute Gasteiger partial charge is 0.360 e. The van der Waals surface area contributed by atoms with E-state index in [1.807, 2.05) is 0 Å². The molecule has 0 bridgehead atoms. The van der Waals surface area contributed by atoms with Crippen LogP contribution in [-0.2, 0) is 0 Å². The van der Waals surface area contributed by atoms with Crippen molar-refractivity contribution in [2.24, 2.45) is 0 Å². The Morgan fingerprint density at radius 2 is 2.06 bits per heavy atom. The van der Waals surface area contributed by atoms with Crippen molar-refractivity contribution < 1.29 is 4.39 Å². The molecule has 92 valence electrons. The van der Waals surface area contributed by atoms with E-state index in [1.54, 1.807) is 0 Å². The van der Waals surface area contributed by atoms with Crippen molar-refractivity contribution in [2.45, 2.75) is 31.7 Å². The first kappa shape index (κ1) is 12.6. The Labute approximate surface area is 111 Å². The third kappa shape index (κ3) is 3.54. The summed E-state index contributed by atoms with van der Waals surface area (Å²) in [4.78, 5) is 0. The van der Waals surface area contributed by atoms with Crippen molar-refractivity contribution >= 4 is 34.6 Å². The van der Waals surface area contributed by atoms with Gasteiger partial charge in [0.05, 0.1) is 10.7 Å². The average molecular weight is 273 g/mol. The SMILES string of the molecule is Fc1ccc(Cl)c(NC(=S)NC2CCCC2)c1. The van der Waals surface area contributed by atoms with Crippen LogP contribution >= 0.6 is 23.8 Å². The molecule has 0 amide bonds. The van der Waals surface area contributed by atoms with E-state index in [0.29, 0.717) is 21.9 Å². The molecule has 0 aliphatic heterocycles. The fourth-order valence-electron chi connectivity index (χ4n) is 2.01. The van der Waals surface area contributed by atoms with Gasteiger partial charge in [-0.15, -0.1) is 0 Å². The topological polar surface area (TPSA) is 24.1 Å². The molecular formula is C12H14ClFN2S. The van der Waals surface area contributed by atoms with Gasteiger partial charge in [-0.05, 0) is 43.3 Å². The Hall–Kier alpha value is -0.870. The van der Waals surface area contributed by atoms with Crippen LogP contribution in [0.4, 0.5) is 10.1 Å². The molecule has 0 saturated heterocycles. The molecule has 0 heterocycles. The molecular weight excluding hydrogens is 259 g/mol. The van der Waals surface area contributed by atoms with E-state index >= 15 is 0 Å². The summed E-state index contributed by atoms with van der Waals surface area (Å²) in [5, 5.41) is 7.10. The molecule has 1 aromatic rings. The Kier molecular flexibility index (Phi) is 4.18. The first-order chi connectivity index (χ1) is 8.15. The summed E-state index contributed by atoms with van der Waals surface area (Å²) >= 11 is 11.1. The predicted octanol–water partition coefficient (Wildman–Crippen LogP) is 3.71. The Morgan fingerprint density at radius 1 is 1.35 bits per heavy atom. The van der Waals surface area contributed by atoms with Crippen LogP contribution in [0.5, 0.6) is 0 Å². The standard InChI is InChI=1S/C12H14ClFN2S/c13-10-6-5-8(14)7-11(10)16-12(17)15-9-3-1-2-4-9/h5-7,9H,1-4H2,(H2,15,16,17). The lowest BCUT2D eigenvalue weighted by atomic mass is 10.2. The summed E-state index contributed by atoms with van der Waals surface area (Å²) in [6.07, 6.45) is 4.75. The maximum Gasteiger partial charge on any atom is 0.171 e. The van der Waals surface area contributed by atoms with E-state index in [2.05, 4.69) is 10.6 Å². The molecule has 0 atom stereocenters. The van der Waals surface area contributed by atoms with Crippen LogP contribution in [-0.4, -0.2) is 11.2 Å². The van der Waals surface area contributed by atoms with Gasteiger partial charge in [-0.25, -0.2) is 4.39 Å². The first-order valence-electron chi connectivity index (χ1n) is 5.68. The molecule has 2 nitrogen and oxygen atoms in total. The van der Waals surface area contributed by atoms with E-state index in [1.165, 1.54) is 31.0 Å². The molecule has 2 N–H and O–H groups in total. The summed E-state index contributed by atoms with van der Waals surface area (Å²) in [6, 6.07) is 4.60. The van der Waals surface area contributed by atoms with Crippen LogP contribution in [0.3, 0.4) is 0 Å². The number of benzene rings is 1. The first-order valence-corrected chi connectivity index (χ1v) is 6.46. The molecule has 1 fully saturated rings. The second-order valence-corrected chi connectivity index (χ2v) is 5.02. The van der Waals surface area contributed by atoms with Gasteiger partial charge in [-0.2, -0.15) is 0 Å². The number of halogens is 2. The van der Waals surface area contributed by atoms with E-state index in [9.17, 15) is 4.39 Å². The molecule has 17 heavy (non-hydrogen) atoms.